The van der Waals surface area contributed by atoms with E-state index < -0.39 is 6.17 Å². The molecule has 0 amide bonds. The van der Waals surface area contributed by atoms with Crippen molar-refractivity contribution in [3.05, 3.63) is 21.9 Å². The number of alkyl halides is 1. The van der Waals surface area contributed by atoms with Crippen molar-refractivity contribution in [3.8, 4) is 0 Å². The average molecular weight is 173 g/mol. The number of hydrogen-bond donors (Lipinski definition) is 1. The van der Waals surface area contributed by atoms with Gasteiger partial charge in [-0.25, -0.2) is 4.39 Å². The maximum Gasteiger partial charge on any atom is 0.127 e. The molecular weight excluding hydrogens is 161 g/mol. The van der Waals surface area contributed by atoms with Crippen molar-refractivity contribution in [2.45, 2.75) is 19.5 Å². The summed E-state index contributed by atoms with van der Waals surface area (Å²) < 4.78 is 13.2. The Kier molecular flexibility index (Phi) is 3.02. The van der Waals surface area contributed by atoms with Crippen LogP contribution < -0.4 is 5.73 Å². The first-order valence-electron chi connectivity index (χ1n) is 3.64. The van der Waals surface area contributed by atoms with Gasteiger partial charge in [-0.3, -0.25) is 0 Å². The van der Waals surface area contributed by atoms with Crippen LogP contribution in [0.25, 0.3) is 0 Å². The van der Waals surface area contributed by atoms with Gasteiger partial charge in [0.1, 0.15) is 6.17 Å². The zero-order valence-electron chi connectivity index (χ0n) is 6.51. The molecule has 0 saturated heterocycles. The Morgan fingerprint density at radius 1 is 1.73 bits per heavy atom. The van der Waals surface area contributed by atoms with Crippen molar-refractivity contribution in [1.29, 1.82) is 0 Å². The van der Waals surface area contributed by atoms with Gasteiger partial charge in [-0.2, -0.15) is 0 Å². The average Bonchev–Trinajstić information content (AvgIpc) is 2.36. The molecule has 0 spiro atoms. The summed E-state index contributed by atoms with van der Waals surface area (Å²) in [4.78, 5) is 1.06. The van der Waals surface area contributed by atoms with Crippen LogP contribution in [0.3, 0.4) is 0 Å². The Bertz CT molecular complexity index is 222. The lowest BCUT2D eigenvalue weighted by Gasteiger charge is -2.04. The Morgan fingerprint density at radius 2 is 2.45 bits per heavy atom. The number of nitrogens with two attached hydrogens (primary N) is 1. The maximum absolute atomic E-state index is 13.2. The number of thiophene rings is 1. The summed E-state index contributed by atoms with van der Waals surface area (Å²) >= 11 is 1.58. The van der Waals surface area contributed by atoms with Crippen molar-refractivity contribution in [3.63, 3.8) is 0 Å². The fourth-order valence-electron chi connectivity index (χ4n) is 1.02. The van der Waals surface area contributed by atoms with Gasteiger partial charge in [0.05, 0.1) is 0 Å². The molecule has 1 unspecified atom stereocenters. The van der Waals surface area contributed by atoms with E-state index in [1.54, 1.807) is 11.3 Å². The molecule has 0 saturated carbocycles. The van der Waals surface area contributed by atoms with Gasteiger partial charge < -0.3 is 5.73 Å². The monoisotopic (exact) mass is 173 g/mol. The van der Waals surface area contributed by atoms with Crippen LogP contribution in [0.1, 0.15) is 23.0 Å². The highest BCUT2D eigenvalue weighted by atomic mass is 32.1. The van der Waals surface area contributed by atoms with Gasteiger partial charge in [0.25, 0.3) is 0 Å². The van der Waals surface area contributed by atoms with E-state index in [1.807, 2.05) is 18.4 Å². The smallest absolute Gasteiger partial charge is 0.127 e. The second-order valence-corrected chi connectivity index (χ2v) is 3.60. The summed E-state index contributed by atoms with van der Waals surface area (Å²) in [5, 5.41) is 1.91. The van der Waals surface area contributed by atoms with E-state index in [0.717, 1.165) is 10.4 Å². The van der Waals surface area contributed by atoms with Gasteiger partial charge in [0, 0.05) is 4.88 Å². The van der Waals surface area contributed by atoms with Gasteiger partial charge in [-0.1, -0.05) is 0 Å². The first kappa shape index (κ1) is 8.68. The second kappa shape index (κ2) is 3.83. The molecular formula is C8H12FNS. The molecule has 0 aliphatic carbocycles. The third kappa shape index (κ3) is 2.01. The molecule has 1 heterocycles. The highest BCUT2D eigenvalue weighted by molar-refractivity contribution is 7.10. The van der Waals surface area contributed by atoms with Crippen LogP contribution in [0.2, 0.25) is 0 Å². The molecule has 2 N–H and O–H groups in total. The van der Waals surface area contributed by atoms with Crippen LogP contribution in [0.5, 0.6) is 0 Å². The molecule has 0 aliphatic rings. The Hall–Kier alpha value is -0.410. The van der Waals surface area contributed by atoms with Gasteiger partial charge in [-0.05, 0) is 36.9 Å². The SMILES string of the molecule is Cc1sccc1C(F)CCN. The van der Waals surface area contributed by atoms with Crippen LogP contribution >= 0.6 is 11.3 Å². The lowest BCUT2D eigenvalue weighted by atomic mass is 10.1. The molecule has 1 nitrogen and oxygen atoms in total. The Morgan fingerprint density at radius 3 is 2.91 bits per heavy atom. The summed E-state index contributed by atoms with van der Waals surface area (Å²) in [5.74, 6) is 0. The van der Waals surface area contributed by atoms with E-state index in [1.165, 1.54) is 0 Å². The minimum atomic E-state index is -0.869. The van der Waals surface area contributed by atoms with E-state index >= 15 is 0 Å². The van der Waals surface area contributed by atoms with Gasteiger partial charge in [0.15, 0.2) is 0 Å². The first-order chi connectivity index (χ1) is 5.25. The number of halogens is 1. The van der Waals surface area contributed by atoms with Crippen LogP contribution in [0.15, 0.2) is 11.4 Å². The Balaban J connectivity index is 2.67. The minimum Gasteiger partial charge on any atom is -0.330 e. The van der Waals surface area contributed by atoms with Gasteiger partial charge in [0.2, 0.25) is 0 Å². The molecule has 0 fully saturated rings. The van der Waals surface area contributed by atoms with Gasteiger partial charge in [-0.15, -0.1) is 11.3 Å². The van der Waals surface area contributed by atoms with Crippen molar-refractivity contribution < 1.29 is 4.39 Å². The fraction of sp³-hybridized carbons (Fsp3) is 0.500. The lowest BCUT2D eigenvalue weighted by molar-refractivity contribution is 0.327. The van der Waals surface area contributed by atoms with Crippen LogP contribution in [0.4, 0.5) is 4.39 Å². The molecule has 3 heteroatoms. The van der Waals surface area contributed by atoms with Gasteiger partial charge >= 0.3 is 0 Å². The molecule has 0 aliphatic heterocycles. The normalized spacial score (nSPS) is 13.4. The molecule has 1 rings (SSSR count). The Labute approximate surface area is 70.0 Å². The highest BCUT2D eigenvalue weighted by Gasteiger charge is 2.11. The molecule has 11 heavy (non-hydrogen) atoms. The predicted molar refractivity (Wildman–Crippen MR) is 46.6 cm³/mol. The standard InChI is InChI=1S/C8H12FNS/c1-6-7(3-5-11-6)8(9)2-4-10/h3,5,8H,2,4,10H2,1H3. The number of hydrogen-bond acceptors (Lipinski definition) is 2. The van der Waals surface area contributed by atoms with Crippen LogP contribution in [-0.2, 0) is 0 Å². The maximum atomic E-state index is 13.2. The van der Waals surface area contributed by atoms with E-state index in [2.05, 4.69) is 0 Å². The third-order valence-electron chi connectivity index (χ3n) is 1.66. The predicted octanol–water partition coefficient (Wildman–Crippen LogP) is 2.42. The molecule has 0 aromatic carbocycles. The van der Waals surface area contributed by atoms with Crippen LogP contribution in [0, 0.1) is 6.92 Å². The second-order valence-electron chi connectivity index (χ2n) is 2.48. The van der Waals surface area contributed by atoms with Crippen molar-refractivity contribution >= 4 is 11.3 Å². The minimum absolute atomic E-state index is 0.413. The highest BCUT2D eigenvalue weighted by Crippen LogP contribution is 2.27. The molecule has 0 radical (unpaired) electrons. The molecule has 62 valence electrons. The van der Waals surface area contributed by atoms with E-state index in [4.69, 9.17) is 5.73 Å². The zero-order chi connectivity index (χ0) is 8.27. The quantitative estimate of drug-likeness (QED) is 0.746. The largest absolute Gasteiger partial charge is 0.330 e. The molecule has 0 bridgehead atoms. The van der Waals surface area contributed by atoms with Crippen molar-refractivity contribution in [2.24, 2.45) is 5.73 Å². The van der Waals surface area contributed by atoms with Crippen molar-refractivity contribution in [2.75, 3.05) is 6.54 Å². The zero-order valence-corrected chi connectivity index (χ0v) is 7.33. The molecule has 1 aromatic rings. The fourth-order valence-corrected chi connectivity index (χ4v) is 1.77. The van der Waals surface area contributed by atoms with E-state index in [0.29, 0.717) is 13.0 Å². The van der Waals surface area contributed by atoms with E-state index in [-0.39, 0.29) is 0 Å². The number of rotatable bonds is 3. The lowest BCUT2D eigenvalue weighted by Crippen LogP contribution is -2.03. The third-order valence-corrected chi connectivity index (χ3v) is 2.52. The summed E-state index contributed by atoms with van der Waals surface area (Å²) in [6, 6.07) is 1.83. The molecule has 1 aromatic heterocycles. The number of aryl methyl sites for hydroxylation is 1. The van der Waals surface area contributed by atoms with Crippen LogP contribution in [-0.4, -0.2) is 6.54 Å². The summed E-state index contributed by atoms with van der Waals surface area (Å²) in [7, 11) is 0. The topological polar surface area (TPSA) is 26.0 Å². The summed E-state index contributed by atoms with van der Waals surface area (Å²) in [5.41, 5.74) is 6.05. The first-order valence-corrected chi connectivity index (χ1v) is 4.51. The van der Waals surface area contributed by atoms with Crippen molar-refractivity contribution in [1.82, 2.24) is 0 Å². The summed E-state index contributed by atoms with van der Waals surface area (Å²) in [6.45, 7) is 2.35. The van der Waals surface area contributed by atoms with E-state index in [9.17, 15) is 4.39 Å². The summed E-state index contributed by atoms with van der Waals surface area (Å²) in [6.07, 6.45) is -0.441. The molecule has 1 atom stereocenters.